The smallest absolute Gasteiger partial charge is 0.225 e. The number of nitrogens with zero attached hydrogens (tertiary/aromatic N) is 3. The van der Waals surface area contributed by atoms with Gasteiger partial charge in [-0.1, -0.05) is 6.07 Å². The molecule has 0 saturated carbocycles. The molecular weight excluding hydrogens is 292 g/mol. The zero-order valence-corrected chi connectivity index (χ0v) is 13.8. The first kappa shape index (κ1) is 16.1. The van der Waals surface area contributed by atoms with E-state index in [-0.39, 0.29) is 5.92 Å². The summed E-state index contributed by atoms with van der Waals surface area (Å²) >= 11 is 0. The zero-order chi connectivity index (χ0) is 16.1. The first-order chi connectivity index (χ1) is 11.3. The summed E-state index contributed by atoms with van der Waals surface area (Å²) < 4.78 is 5.47. The van der Waals surface area contributed by atoms with Crippen LogP contribution in [0.25, 0.3) is 0 Å². The average molecular weight is 318 g/mol. The summed E-state index contributed by atoms with van der Waals surface area (Å²) in [4.78, 5) is 21.4. The molecule has 0 bridgehead atoms. The van der Waals surface area contributed by atoms with Crippen LogP contribution in [0.5, 0.6) is 5.88 Å². The fraction of sp³-hybridized carbons (Fsp3) is 0.647. The number of nitrogens with one attached hydrogen (secondary N) is 1. The van der Waals surface area contributed by atoms with Crippen LogP contribution in [0.1, 0.15) is 19.8 Å². The van der Waals surface area contributed by atoms with Gasteiger partial charge in [-0.3, -0.25) is 4.79 Å². The maximum Gasteiger partial charge on any atom is 0.225 e. The summed E-state index contributed by atoms with van der Waals surface area (Å²) in [6.45, 7) is 7.73. The number of hydrogen-bond donors (Lipinski definition) is 1. The van der Waals surface area contributed by atoms with E-state index in [2.05, 4.69) is 15.2 Å². The summed E-state index contributed by atoms with van der Waals surface area (Å²) in [5.41, 5.74) is 0. The number of ether oxygens (including phenoxy) is 1. The number of carbonyl (C=O) groups is 1. The van der Waals surface area contributed by atoms with Crippen LogP contribution in [0.4, 0.5) is 5.82 Å². The van der Waals surface area contributed by atoms with Gasteiger partial charge in [-0.25, -0.2) is 0 Å². The number of amides is 1. The molecule has 0 radical (unpaired) electrons. The minimum absolute atomic E-state index is 0.210. The highest BCUT2D eigenvalue weighted by Crippen LogP contribution is 2.20. The molecular formula is C17H26N4O2. The van der Waals surface area contributed by atoms with E-state index in [1.54, 1.807) is 0 Å². The lowest BCUT2D eigenvalue weighted by Gasteiger charge is -2.37. The second-order valence-corrected chi connectivity index (χ2v) is 6.10. The summed E-state index contributed by atoms with van der Waals surface area (Å²) in [5.74, 6) is 2.15. The second-order valence-electron chi connectivity index (χ2n) is 6.10. The van der Waals surface area contributed by atoms with Crippen LogP contribution < -0.4 is 15.0 Å². The van der Waals surface area contributed by atoms with Crippen LogP contribution in [0.15, 0.2) is 18.2 Å². The monoisotopic (exact) mass is 318 g/mol. The Morgan fingerprint density at radius 1 is 1.26 bits per heavy atom. The van der Waals surface area contributed by atoms with Crippen LogP contribution in [0.2, 0.25) is 0 Å². The first-order valence-electron chi connectivity index (χ1n) is 8.62. The van der Waals surface area contributed by atoms with Crippen LogP contribution in [-0.4, -0.2) is 61.7 Å². The molecule has 6 heteroatoms. The predicted molar refractivity (Wildman–Crippen MR) is 89.8 cm³/mol. The van der Waals surface area contributed by atoms with E-state index in [0.717, 1.165) is 57.9 Å². The topological polar surface area (TPSA) is 57.7 Å². The Kier molecular flexibility index (Phi) is 5.33. The number of aromatic nitrogens is 1. The molecule has 1 aromatic heterocycles. The zero-order valence-electron chi connectivity index (χ0n) is 13.8. The Bertz CT molecular complexity index is 523. The van der Waals surface area contributed by atoms with E-state index in [9.17, 15) is 4.79 Å². The Labute approximate surface area is 137 Å². The lowest BCUT2D eigenvalue weighted by molar-refractivity contribution is -0.136. The van der Waals surface area contributed by atoms with Crippen molar-refractivity contribution in [1.29, 1.82) is 0 Å². The third-order valence-electron chi connectivity index (χ3n) is 4.60. The molecule has 0 atom stereocenters. The van der Waals surface area contributed by atoms with Crippen LogP contribution >= 0.6 is 0 Å². The van der Waals surface area contributed by atoms with Gasteiger partial charge in [-0.15, -0.1) is 0 Å². The molecule has 1 aromatic rings. The number of anilines is 1. The quantitative estimate of drug-likeness (QED) is 0.902. The molecule has 3 rings (SSSR count). The molecule has 23 heavy (non-hydrogen) atoms. The largest absolute Gasteiger partial charge is 0.478 e. The van der Waals surface area contributed by atoms with Crippen molar-refractivity contribution in [2.24, 2.45) is 5.92 Å². The molecule has 2 aliphatic heterocycles. The van der Waals surface area contributed by atoms with Gasteiger partial charge in [0.15, 0.2) is 0 Å². The molecule has 0 aliphatic carbocycles. The number of piperazine rings is 1. The van der Waals surface area contributed by atoms with Gasteiger partial charge in [0.1, 0.15) is 5.82 Å². The number of piperidine rings is 1. The summed E-state index contributed by atoms with van der Waals surface area (Å²) in [6.07, 6.45) is 1.94. The van der Waals surface area contributed by atoms with Gasteiger partial charge in [0.2, 0.25) is 11.8 Å². The van der Waals surface area contributed by atoms with Gasteiger partial charge >= 0.3 is 0 Å². The molecule has 3 heterocycles. The minimum Gasteiger partial charge on any atom is -0.478 e. The fourth-order valence-electron chi connectivity index (χ4n) is 3.29. The predicted octanol–water partition coefficient (Wildman–Crippen LogP) is 1.13. The van der Waals surface area contributed by atoms with Crippen molar-refractivity contribution in [3.05, 3.63) is 18.2 Å². The highest BCUT2D eigenvalue weighted by Gasteiger charge is 2.28. The second kappa shape index (κ2) is 7.64. The SMILES string of the molecule is CCOc1cccc(N2CCN(C(=O)C3CCNCC3)CC2)n1. The Morgan fingerprint density at radius 3 is 2.70 bits per heavy atom. The molecule has 0 spiro atoms. The van der Waals surface area contributed by atoms with Crippen molar-refractivity contribution in [3.8, 4) is 5.88 Å². The lowest BCUT2D eigenvalue weighted by Crippen LogP contribution is -2.51. The van der Waals surface area contributed by atoms with Crippen molar-refractivity contribution in [1.82, 2.24) is 15.2 Å². The summed E-state index contributed by atoms with van der Waals surface area (Å²) in [6, 6.07) is 5.86. The van der Waals surface area contributed by atoms with E-state index < -0.39 is 0 Å². The number of rotatable bonds is 4. The summed E-state index contributed by atoms with van der Waals surface area (Å²) in [5, 5.41) is 3.32. The Morgan fingerprint density at radius 2 is 2.00 bits per heavy atom. The van der Waals surface area contributed by atoms with Gasteiger partial charge in [-0.2, -0.15) is 4.98 Å². The molecule has 1 N–H and O–H groups in total. The van der Waals surface area contributed by atoms with E-state index in [1.807, 2.05) is 30.0 Å². The van der Waals surface area contributed by atoms with E-state index in [0.29, 0.717) is 18.4 Å². The summed E-state index contributed by atoms with van der Waals surface area (Å²) in [7, 11) is 0. The van der Waals surface area contributed by atoms with E-state index >= 15 is 0 Å². The molecule has 2 fully saturated rings. The van der Waals surface area contributed by atoms with Gasteiger partial charge < -0.3 is 19.9 Å². The molecule has 2 saturated heterocycles. The number of hydrogen-bond acceptors (Lipinski definition) is 5. The number of carbonyl (C=O) groups excluding carboxylic acids is 1. The van der Waals surface area contributed by atoms with Crippen LogP contribution in [0.3, 0.4) is 0 Å². The molecule has 126 valence electrons. The van der Waals surface area contributed by atoms with E-state index in [1.165, 1.54) is 0 Å². The van der Waals surface area contributed by atoms with Gasteiger partial charge in [-0.05, 0) is 38.9 Å². The Balaban J connectivity index is 1.55. The third-order valence-corrected chi connectivity index (χ3v) is 4.60. The number of pyridine rings is 1. The van der Waals surface area contributed by atoms with Crippen LogP contribution in [-0.2, 0) is 4.79 Å². The van der Waals surface area contributed by atoms with Crippen molar-refractivity contribution in [3.63, 3.8) is 0 Å². The van der Waals surface area contributed by atoms with Crippen molar-refractivity contribution in [2.45, 2.75) is 19.8 Å². The van der Waals surface area contributed by atoms with Crippen molar-refractivity contribution in [2.75, 3.05) is 50.8 Å². The fourth-order valence-corrected chi connectivity index (χ4v) is 3.29. The molecule has 0 unspecified atom stereocenters. The molecule has 6 nitrogen and oxygen atoms in total. The highest BCUT2D eigenvalue weighted by atomic mass is 16.5. The average Bonchev–Trinajstić information content (AvgIpc) is 2.62. The van der Waals surface area contributed by atoms with Gasteiger partial charge in [0, 0.05) is 38.2 Å². The molecule has 0 aromatic carbocycles. The first-order valence-corrected chi connectivity index (χ1v) is 8.62. The highest BCUT2D eigenvalue weighted by molar-refractivity contribution is 5.79. The normalized spacial score (nSPS) is 19.7. The Hall–Kier alpha value is -1.82. The standard InChI is InChI=1S/C17H26N4O2/c1-2-23-16-5-3-4-15(19-16)20-10-12-21(13-11-20)17(22)14-6-8-18-9-7-14/h3-5,14,18H,2,6-13H2,1H3. The van der Waals surface area contributed by atoms with Crippen molar-refractivity contribution >= 4 is 11.7 Å². The molecule has 1 amide bonds. The van der Waals surface area contributed by atoms with E-state index in [4.69, 9.17) is 4.74 Å². The maximum atomic E-state index is 12.6. The van der Waals surface area contributed by atoms with Crippen LogP contribution in [0, 0.1) is 5.92 Å². The lowest BCUT2D eigenvalue weighted by atomic mass is 9.96. The van der Waals surface area contributed by atoms with Gasteiger partial charge in [0.25, 0.3) is 0 Å². The molecule has 2 aliphatic rings. The van der Waals surface area contributed by atoms with Gasteiger partial charge in [0.05, 0.1) is 6.61 Å². The minimum atomic E-state index is 0.210. The maximum absolute atomic E-state index is 12.6. The third kappa shape index (κ3) is 3.93. The van der Waals surface area contributed by atoms with Crippen molar-refractivity contribution < 1.29 is 9.53 Å².